The highest BCUT2D eigenvalue weighted by Crippen LogP contribution is 2.13. The molecule has 24 heavy (non-hydrogen) atoms. The molecule has 0 aliphatic rings. The molecular weight excluding hydrogens is 308 g/mol. The van der Waals surface area contributed by atoms with E-state index in [-0.39, 0.29) is 12.5 Å². The number of aryl methyl sites for hydroxylation is 1. The van der Waals surface area contributed by atoms with Gasteiger partial charge in [-0.1, -0.05) is 18.2 Å². The zero-order valence-corrected chi connectivity index (χ0v) is 13.5. The molecule has 0 atom stereocenters. The fourth-order valence-electron chi connectivity index (χ4n) is 2.02. The molecule has 3 N–H and O–H groups in total. The van der Waals surface area contributed by atoms with E-state index in [0.717, 1.165) is 11.3 Å². The Morgan fingerprint density at radius 3 is 2.46 bits per heavy atom. The van der Waals surface area contributed by atoms with Gasteiger partial charge < -0.3 is 20.5 Å². The van der Waals surface area contributed by atoms with E-state index in [1.807, 2.05) is 31.2 Å². The fraction of sp³-hybridized carbons (Fsp3) is 0.222. The summed E-state index contributed by atoms with van der Waals surface area (Å²) in [6.45, 7) is 2.50. The summed E-state index contributed by atoms with van der Waals surface area (Å²) >= 11 is 0. The fourth-order valence-corrected chi connectivity index (χ4v) is 2.02. The Balaban J connectivity index is 1.79. The van der Waals surface area contributed by atoms with Gasteiger partial charge in [0, 0.05) is 5.56 Å². The van der Waals surface area contributed by atoms with E-state index in [0.29, 0.717) is 24.5 Å². The molecule has 0 unspecified atom stereocenters. The minimum absolute atomic E-state index is 0.227. The van der Waals surface area contributed by atoms with Gasteiger partial charge in [-0.15, -0.1) is 0 Å². The molecule has 0 saturated heterocycles. The molecule has 0 aliphatic carbocycles. The van der Waals surface area contributed by atoms with Crippen LogP contribution >= 0.6 is 0 Å². The smallest absolute Gasteiger partial charge is 0.255 e. The van der Waals surface area contributed by atoms with Gasteiger partial charge in [0.25, 0.3) is 11.8 Å². The van der Waals surface area contributed by atoms with E-state index < -0.39 is 5.91 Å². The highest BCUT2D eigenvalue weighted by molar-refractivity contribution is 5.94. The Labute approximate surface area is 140 Å². The summed E-state index contributed by atoms with van der Waals surface area (Å²) in [5, 5.41) is 2.76. The van der Waals surface area contributed by atoms with Crippen molar-refractivity contribution in [2.45, 2.75) is 6.92 Å². The Kier molecular flexibility index (Phi) is 6.19. The number of nitrogens with two attached hydrogens (primary N) is 1. The van der Waals surface area contributed by atoms with E-state index in [1.165, 1.54) is 0 Å². The maximum absolute atomic E-state index is 12.1. The van der Waals surface area contributed by atoms with Crippen molar-refractivity contribution in [1.29, 1.82) is 0 Å². The molecule has 0 saturated carbocycles. The minimum atomic E-state index is -0.571. The zero-order valence-electron chi connectivity index (χ0n) is 13.5. The first kappa shape index (κ1) is 17.3. The van der Waals surface area contributed by atoms with Gasteiger partial charge in [0.2, 0.25) is 0 Å². The maximum atomic E-state index is 12.1. The van der Waals surface area contributed by atoms with Gasteiger partial charge in [-0.3, -0.25) is 9.59 Å². The van der Waals surface area contributed by atoms with Crippen molar-refractivity contribution in [2.24, 2.45) is 5.73 Å². The van der Waals surface area contributed by atoms with Crippen LogP contribution in [-0.2, 0) is 4.79 Å². The first-order chi connectivity index (χ1) is 11.5. The highest BCUT2D eigenvalue weighted by Gasteiger charge is 2.07. The molecular formula is C18H20N2O4. The van der Waals surface area contributed by atoms with Crippen LogP contribution in [0.3, 0.4) is 0 Å². The Morgan fingerprint density at radius 2 is 1.75 bits per heavy atom. The van der Waals surface area contributed by atoms with E-state index in [4.69, 9.17) is 15.2 Å². The van der Waals surface area contributed by atoms with Crippen LogP contribution in [0.15, 0.2) is 48.5 Å². The van der Waals surface area contributed by atoms with E-state index in [1.54, 1.807) is 24.3 Å². The third-order valence-electron chi connectivity index (χ3n) is 3.12. The first-order valence-electron chi connectivity index (χ1n) is 7.53. The Morgan fingerprint density at radius 1 is 1.04 bits per heavy atom. The number of hydrogen-bond acceptors (Lipinski definition) is 4. The molecule has 0 bridgehead atoms. The van der Waals surface area contributed by atoms with Crippen LogP contribution in [0.25, 0.3) is 0 Å². The van der Waals surface area contributed by atoms with Gasteiger partial charge in [0.05, 0.1) is 6.54 Å². The van der Waals surface area contributed by atoms with Crippen LogP contribution in [-0.4, -0.2) is 31.6 Å². The maximum Gasteiger partial charge on any atom is 0.255 e. The van der Waals surface area contributed by atoms with Crippen molar-refractivity contribution < 1.29 is 19.1 Å². The molecule has 0 radical (unpaired) electrons. The van der Waals surface area contributed by atoms with Gasteiger partial charge >= 0.3 is 0 Å². The predicted molar refractivity (Wildman–Crippen MR) is 90.1 cm³/mol. The molecule has 6 nitrogen and oxygen atoms in total. The van der Waals surface area contributed by atoms with Crippen LogP contribution < -0.4 is 20.5 Å². The summed E-state index contributed by atoms with van der Waals surface area (Å²) in [6, 6.07) is 14.3. The molecule has 2 rings (SSSR count). The monoisotopic (exact) mass is 328 g/mol. The second-order valence-corrected chi connectivity index (χ2v) is 5.20. The summed E-state index contributed by atoms with van der Waals surface area (Å²) in [6.07, 6.45) is 0. The third kappa shape index (κ3) is 5.64. The topological polar surface area (TPSA) is 90.7 Å². The molecule has 0 spiro atoms. The molecule has 0 heterocycles. The molecule has 2 amide bonds. The third-order valence-corrected chi connectivity index (χ3v) is 3.12. The summed E-state index contributed by atoms with van der Waals surface area (Å²) in [4.78, 5) is 22.8. The normalized spacial score (nSPS) is 10.0. The zero-order chi connectivity index (χ0) is 17.4. The van der Waals surface area contributed by atoms with Gasteiger partial charge in [-0.2, -0.15) is 0 Å². The van der Waals surface area contributed by atoms with Crippen molar-refractivity contribution in [3.63, 3.8) is 0 Å². The quantitative estimate of drug-likeness (QED) is 0.721. The molecule has 2 aromatic carbocycles. The standard InChI is InChI=1S/C18H20N2O4/c1-13-4-2-6-15(10-13)23-9-8-20-18(22)14-5-3-7-16(11-14)24-12-17(19)21/h2-7,10-11H,8-9,12H2,1H3,(H2,19,21)(H,20,22). The number of amides is 2. The largest absolute Gasteiger partial charge is 0.492 e. The number of carbonyl (C=O) groups is 2. The van der Waals surface area contributed by atoms with Crippen molar-refractivity contribution in [3.8, 4) is 11.5 Å². The first-order valence-corrected chi connectivity index (χ1v) is 7.53. The van der Waals surface area contributed by atoms with Crippen LogP contribution in [0.1, 0.15) is 15.9 Å². The molecule has 6 heteroatoms. The lowest BCUT2D eigenvalue weighted by Crippen LogP contribution is -2.28. The number of nitrogens with one attached hydrogen (secondary N) is 1. The molecule has 0 aromatic heterocycles. The molecule has 0 fully saturated rings. The number of rotatable bonds is 8. The second-order valence-electron chi connectivity index (χ2n) is 5.20. The van der Waals surface area contributed by atoms with E-state index >= 15 is 0 Å². The van der Waals surface area contributed by atoms with Crippen molar-refractivity contribution in [2.75, 3.05) is 19.8 Å². The van der Waals surface area contributed by atoms with Crippen molar-refractivity contribution >= 4 is 11.8 Å². The van der Waals surface area contributed by atoms with Crippen molar-refractivity contribution in [1.82, 2.24) is 5.32 Å². The molecule has 0 aliphatic heterocycles. The molecule has 126 valence electrons. The van der Waals surface area contributed by atoms with Crippen LogP contribution in [0.4, 0.5) is 0 Å². The van der Waals surface area contributed by atoms with Crippen LogP contribution in [0, 0.1) is 6.92 Å². The average Bonchev–Trinajstić information content (AvgIpc) is 2.57. The summed E-state index contributed by atoms with van der Waals surface area (Å²) in [7, 11) is 0. The van der Waals surface area contributed by atoms with E-state index in [2.05, 4.69) is 5.32 Å². The Bertz CT molecular complexity index is 716. The number of primary amides is 1. The molecule has 2 aromatic rings. The number of hydrogen-bond donors (Lipinski definition) is 2. The second kappa shape index (κ2) is 8.57. The minimum Gasteiger partial charge on any atom is -0.492 e. The SMILES string of the molecule is Cc1cccc(OCCNC(=O)c2cccc(OCC(N)=O)c2)c1. The average molecular weight is 328 g/mol. The lowest BCUT2D eigenvalue weighted by molar-refractivity contribution is -0.119. The van der Waals surface area contributed by atoms with Crippen LogP contribution in [0.5, 0.6) is 11.5 Å². The van der Waals surface area contributed by atoms with E-state index in [9.17, 15) is 9.59 Å². The van der Waals surface area contributed by atoms with Crippen LogP contribution in [0.2, 0.25) is 0 Å². The summed E-state index contributed by atoms with van der Waals surface area (Å²) in [5.74, 6) is 0.370. The highest BCUT2D eigenvalue weighted by atomic mass is 16.5. The predicted octanol–water partition coefficient (Wildman–Crippen LogP) is 1.67. The van der Waals surface area contributed by atoms with Crippen molar-refractivity contribution in [3.05, 3.63) is 59.7 Å². The summed E-state index contributed by atoms with van der Waals surface area (Å²) in [5.41, 5.74) is 6.57. The number of benzene rings is 2. The lowest BCUT2D eigenvalue weighted by atomic mass is 10.2. The number of ether oxygens (including phenoxy) is 2. The number of carbonyl (C=O) groups excluding carboxylic acids is 2. The van der Waals surface area contributed by atoms with Gasteiger partial charge in [0.1, 0.15) is 18.1 Å². The van der Waals surface area contributed by atoms with Gasteiger partial charge in [-0.25, -0.2) is 0 Å². The lowest BCUT2D eigenvalue weighted by Gasteiger charge is -2.09. The van der Waals surface area contributed by atoms with Gasteiger partial charge in [-0.05, 0) is 42.8 Å². The summed E-state index contributed by atoms with van der Waals surface area (Å²) < 4.78 is 10.7. The van der Waals surface area contributed by atoms with Gasteiger partial charge in [0.15, 0.2) is 6.61 Å². The Hall–Kier alpha value is -3.02.